The van der Waals surface area contributed by atoms with E-state index in [0.717, 1.165) is 29.7 Å². The number of carbonyl (C=O) groups excluding carboxylic acids is 2. The molecule has 0 fully saturated rings. The highest BCUT2D eigenvalue weighted by Crippen LogP contribution is 2.38. The number of unbranched alkanes of at least 4 members (excludes halogenated alkanes) is 1. The monoisotopic (exact) mass is 699 g/mol. The Labute approximate surface area is 284 Å². The lowest BCUT2D eigenvalue weighted by Crippen LogP contribution is -2.53. The number of nitrogens with one attached hydrogen (secondary N) is 1. The predicted octanol–water partition coefficient (Wildman–Crippen LogP) is 7.42. The van der Waals surface area contributed by atoms with Crippen molar-refractivity contribution in [3.05, 3.63) is 130 Å². The molecule has 0 aromatic heterocycles. The summed E-state index contributed by atoms with van der Waals surface area (Å²) in [6, 6.07) is 25.1. The van der Waals surface area contributed by atoms with Crippen LogP contribution < -0.4 is 9.62 Å². The van der Waals surface area contributed by atoms with Gasteiger partial charge in [-0.25, -0.2) is 8.42 Å². The Morgan fingerprint density at radius 1 is 0.875 bits per heavy atom. The molecule has 48 heavy (non-hydrogen) atoms. The normalized spacial score (nSPS) is 12.3. The van der Waals surface area contributed by atoms with E-state index in [1.165, 1.54) is 29.2 Å². The molecule has 0 radical (unpaired) electrons. The molecule has 1 atom stereocenters. The molecule has 1 unspecified atom stereocenters. The zero-order chi connectivity index (χ0) is 34.9. The zero-order valence-corrected chi connectivity index (χ0v) is 28.2. The van der Waals surface area contributed by atoms with E-state index in [0.29, 0.717) is 28.9 Å². The third-order valence-electron chi connectivity index (χ3n) is 7.69. The summed E-state index contributed by atoms with van der Waals surface area (Å²) in [7, 11) is -4.58. The summed E-state index contributed by atoms with van der Waals surface area (Å²) in [5, 5.41) is 2.28. The van der Waals surface area contributed by atoms with Gasteiger partial charge in [0.25, 0.3) is 10.0 Å². The van der Waals surface area contributed by atoms with E-state index in [1.807, 2.05) is 44.2 Å². The van der Waals surface area contributed by atoms with E-state index < -0.39 is 56.9 Å². The van der Waals surface area contributed by atoms with Crippen LogP contribution in [0.15, 0.2) is 108 Å². The van der Waals surface area contributed by atoms with Gasteiger partial charge in [0.2, 0.25) is 11.8 Å². The average Bonchev–Trinajstić information content (AvgIpc) is 3.06. The van der Waals surface area contributed by atoms with E-state index in [2.05, 4.69) is 5.32 Å². The molecule has 0 aliphatic rings. The second kappa shape index (κ2) is 16.2. The summed E-state index contributed by atoms with van der Waals surface area (Å²) in [6.07, 6.45) is -3.26. The van der Waals surface area contributed by atoms with Crippen LogP contribution in [0.3, 0.4) is 0 Å². The number of benzene rings is 4. The van der Waals surface area contributed by atoms with Crippen molar-refractivity contribution in [2.24, 2.45) is 0 Å². The van der Waals surface area contributed by atoms with Crippen molar-refractivity contribution >= 4 is 39.1 Å². The first-order chi connectivity index (χ1) is 22.8. The van der Waals surface area contributed by atoms with Gasteiger partial charge in [0.1, 0.15) is 12.6 Å². The lowest BCUT2D eigenvalue weighted by molar-refractivity contribution is -0.140. The number of hydrogen-bond acceptors (Lipinski definition) is 4. The molecule has 0 aliphatic carbocycles. The summed E-state index contributed by atoms with van der Waals surface area (Å²) in [4.78, 5) is 29.4. The SMILES string of the molecule is CCCCNC(=O)C(Cc1ccccc1)N(Cc1cccc(C)c1)C(=O)CN(c1ccc(Cl)c(C(F)(F)F)c1)S(=O)(=O)c1ccccc1. The highest BCUT2D eigenvalue weighted by Gasteiger charge is 2.37. The number of sulfonamides is 1. The van der Waals surface area contributed by atoms with E-state index in [1.54, 1.807) is 30.3 Å². The summed E-state index contributed by atoms with van der Waals surface area (Å²) >= 11 is 5.87. The Balaban J connectivity index is 1.84. The molecular weight excluding hydrogens is 663 g/mol. The van der Waals surface area contributed by atoms with E-state index in [-0.39, 0.29) is 17.9 Å². The van der Waals surface area contributed by atoms with Crippen molar-refractivity contribution in [3.63, 3.8) is 0 Å². The Bertz CT molecular complexity index is 1810. The number of hydrogen-bond donors (Lipinski definition) is 1. The lowest BCUT2D eigenvalue weighted by Gasteiger charge is -2.34. The number of carbonyl (C=O) groups is 2. The molecule has 0 aliphatic heterocycles. The molecule has 2 amide bonds. The van der Waals surface area contributed by atoms with Gasteiger partial charge < -0.3 is 10.2 Å². The van der Waals surface area contributed by atoms with Crippen molar-refractivity contribution in [3.8, 4) is 0 Å². The molecule has 1 N–H and O–H groups in total. The standard InChI is InChI=1S/C36H37ClF3N3O4S/c1-3-4-20-41-35(45)33(22-27-13-7-5-8-14-27)42(24-28-15-11-12-26(2)21-28)34(44)25-43(48(46,47)30-16-9-6-10-17-30)29-18-19-32(37)31(23-29)36(38,39)40/h5-19,21,23,33H,3-4,20,22,24-25H2,1-2H3,(H,41,45). The fourth-order valence-corrected chi connectivity index (χ4v) is 6.85. The molecule has 0 spiro atoms. The van der Waals surface area contributed by atoms with Crippen LogP contribution >= 0.6 is 11.6 Å². The van der Waals surface area contributed by atoms with Gasteiger partial charge in [-0.1, -0.05) is 103 Å². The van der Waals surface area contributed by atoms with Crippen LogP contribution in [-0.2, 0) is 38.8 Å². The molecule has 0 saturated carbocycles. The third-order valence-corrected chi connectivity index (χ3v) is 9.81. The fourth-order valence-electron chi connectivity index (χ4n) is 5.20. The van der Waals surface area contributed by atoms with Crippen molar-refractivity contribution < 1.29 is 31.2 Å². The second-order valence-electron chi connectivity index (χ2n) is 11.3. The summed E-state index contributed by atoms with van der Waals surface area (Å²) < 4.78 is 70.6. The van der Waals surface area contributed by atoms with Gasteiger partial charge in [-0.3, -0.25) is 13.9 Å². The molecule has 7 nitrogen and oxygen atoms in total. The number of anilines is 1. The zero-order valence-electron chi connectivity index (χ0n) is 26.6. The van der Waals surface area contributed by atoms with Crippen LogP contribution in [0.1, 0.15) is 42.0 Å². The first-order valence-electron chi connectivity index (χ1n) is 15.4. The smallest absolute Gasteiger partial charge is 0.354 e. The molecule has 254 valence electrons. The molecule has 0 heterocycles. The van der Waals surface area contributed by atoms with Gasteiger partial charge in [-0.2, -0.15) is 13.2 Å². The summed E-state index contributed by atoms with van der Waals surface area (Å²) in [5.41, 5.74) is 0.686. The number of aryl methyl sites for hydroxylation is 1. The van der Waals surface area contributed by atoms with E-state index >= 15 is 0 Å². The molecule has 0 saturated heterocycles. The maximum Gasteiger partial charge on any atom is 0.417 e. The Hall–Kier alpha value is -4.35. The average molecular weight is 700 g/mol. The maximum absolute atomic E-state index is 14.5. The minimum absolute atomic E-state index is 0.0626. The largest absolute Gasteiger partial charge is 0.417 e. The number of amides is 2. The highest BCUT2D eigenvalue weighted by molar-refractivity contribution is 7.92. The molecule has 4 aromatic carbocycles. The lowest BCUT2D eigenvalue weighted by atomic mass is 10.0. The molecule has 4 rings (SSSR count). The Kier molecular flexibility index (Phi) is 12.3. The van der Waals surface area contributed by atoms with Gasteiger partial charge in [0.05, 0.1) is 21.2 Å². The first-order valence-corrected chi connectivity index (χ1v) is 17.2. The number of halogens is 4. The molecular formula is C36H37ClF3N3O4S. The minimum atomic E-state index is -4.89. The quantitative estimate of drug-likeness (QED) is 0.139. The van der Waals surface area contributed by atoms with Crippen LogP contribution in [0.5, 0.6) is 0 Å². The maximum atomic E-state index is 14.5. The van der Waals surface area contributed by atoms with Gasteiger partial charge in [-0.15, -0.1) is 0 Å². The van der Waals surface area contributed by atoms with E-state index in [9.17, 15) is 31.2 Å². The van der Waals surface area contributed by atoms with Gasteiger partial charge in [0.15, 0.2) is 0 Å². The summed E-state index contributed by atoms with van der Waals surface area (Å²) in [5.74, 6) is -1.22. The first kappa shape index (κ1) is 36.5. The second-order valence-corrected chi connectivity index (χ2v) is 13.6. The summed E-state index contributed by atoms with van der Waals surface area (Å²) in [6.45, 7) is 3.26. The van der Waals surface area contributed by atoms with Crippen molar-refractivity contribution in [2.75, 3.05) is 17.4 Å². The highest BCUT2D eigenvalue weighted by atomic mass is 35.5. The Morgan fingerprint density at radius 3 is 2.15 bits per heavy atom. The van der Waals surface area contributed by atoms with Crippen LogP contribution in [0, 0.1) is 6.92 Å². The van der Waals surface area contributed by atoms with Crippen LogP contribution in [0.25, 0.3) is 0 Å². The van der Waals surface area contributed by atoms with Crippen LogP contribution in [-0.4, -0.2) is 44.3 Å². The number of nitrogens with zero attached hydrogens (tertiary/aromatic N) is 2. The van der Waals surface area contributed by atoms with Gasteiger partial charge in [-0.05, 0) is 54.8 Å². The molecule has 12 heteroatoms. The third kappa shape index (κ3) is 9.38. The van der Waals surface area contributed by atoms with Crippen molar-refractivity contribution in [1.82, 2.24) is 10.2 Å². The van der Waals surface area contributed by atoms with Crippen molar-refractivity contribution in [1.29, 1.82) is 0 Å². The number of rotatable bonds is 14. The van der Waals surface area contributed by atoms with E-state index in [4.69, 9.17) is 11.6 Å². The fraction of sp³-hybridized carbons (Fsp3) is 0.278. The molecule has 0 bridgehead atoms. The Morgan fingerprint density at radius 2 is 1.52 bits per heavy atom. The van der Waals surface area contributed by atoms with Gasteiger partial charge >= 0.3 is 6.18 Å². The van der Waals surface area contributed by atoms with Crippen molar-refractivity contribution in [2.45, 2.75) is 56.8 Å². The minimum Gasteiger partial charge on any atom is -0.354 e. The number of alkyl halides is 3. The van der Waals surface area contributed by atoms with Crippen LogP contribution in [0.2, 0.25) is 5.02 Å². The van der Waals surface area contributed by atoms with Crippen LogP contribution in [0.4, 0.5) is 18.9 Å². The predicted molar refractivity (Wildman–Crippen MR) is 181 cm³/mol. The van der Waals surface area contributed by atoms with Gasteiger partial charge in [0, 0.05) is 19.5 Å². The topological polar surface area (TPSA) is 86.8 Å². The molecule has 4 aromatic rings.